The minimum absolute atomic E-state index is 0.00371. The van der Waals surface area contributed by atoms with Gasteiger partial charge in [-0.1, -0.05) is 67.8 Å². The number of carbonyl (C=O) groups is 3. The van der Waals surface area contributed by atoms with Gasteiger partial charge in [0.2, 0.25) is 5.91 Å². The van der Waals surface area contributed by atoms with Gasteiger partial charge in [0.25, 0.3) is 0 Å². The van der Waals surface area contributed by atoms with Gasteiger partial charge in [-0.2, -0.15) is 0 Å². The van der Waals surface area contributed by atoms with E-state index in [0.717, 1.165) is 30.4 Å². The summed E-state index contributed by atoms with van der Waals surface area (Å²) in [6.45, 7) is 2.08. The molecule has 0 heterocycles. The maximum absolute atomic E-state index is 12.5. The van der Waals surface area contributed by atoms with Crippen LogP contribution in [0.1, 0.15) is 68.9 Å². The lowest BCUT2D eigenvalue weighted by Gasteiger charge is -2.23. The lowest BCUT2D eigenvalue weighted by atomic mass is 9.94. The number of hydrogen-bond donors (Lipinski definition) is 3. The number of rotatable bonds is 8. The molecule has 2 amide bonds. The number of amides is 2. The maximum atomic E-state index is 12.5. The van der Waals surface area contributed by atoms with Gasteiger partial charge in [-0.15, -0.1) is 0 Å². The Labute approximate surface area is 206 Å². The summed E-state index contributed by atoms with van der Waals surface area (Å²) in [4.78, 5) is 36.5. The molecule has 2 aromatic rings. The summed E-state index contributed by atoms with van der Waals surface area (Å²) < 4.78 is 5.58. The number of hydrogen-bond acceptors (Lipinski definition) is 4. The van der Waals surface area contributed by atoms with Crippen LogP contribution in [0.15, 0.2) is 48.5 Å². The minimum Gasteiger partial charge on any atom is -0.481 e. The number of aliphatic carboxylic acids is 1. The largest absolute Gasteiger partial charge is 0.481 e. The molecular weight excluding hydrogens is 444 g/mol. The fraction of sp³-hybridized carbons (Fsp3) is 0.464. The van der Waals surface area contributed by atoms with Crippen LogP contribution in [0.5, 0.6) is 0 Å². The quantitative estimate of drug-likeness (QED) is 0.471. The van der Waals surface area contributed by atoms with Crippen molar-refractivity contribution in [2.45, 2.75) is 69.9 Å². The first-order chi connectivity index (χ1) is 16.9. The summed E-state index contributed by atoms with van der Waals surface area (Å²) in [6, 6.07) is 15.8. The standard InChI is InChI=1S/C28H34N2O5/c1-18(15-16-26(31)30-25-14-4-2-3-13-23(25)27(32)33)29-28(34)35-17-24-21-11-7-5-9-19(21)20-10-6-8-12-22(20)24/h5-12,18,23-25H,2-4,13-17H2,1H3,(H,29,34)(H,30,31)(H,32,33). The van der Waals surface area contributed by atoms with Crippen LogP contribution < -0.4 is 10.6 Å². The molecule has 3 unspecified atom stereocenters. The molecule has 3 N–H and O–H groups in total. The maximum Gasteiger partial charge on any atom is 0.407 e. The second-order valence-corrected chi connectivity index (χ2v) is 9.67. The predicted molar refractivity (Wildman–Crippen MR) is 133 cm³/mol. The Morgan fingerprint density at radius 1 is 0.971 bits per heavy atom. The molecule has 0 radical (unpaired) electrons. The molecule has 1 saturated carbocycles. The van der Waals surface area contributed by atoms with E-state index >= 15 is 0 Å². The third kappa shape index (κ3) is 6.02. The topological polar surface area (TPSA) is 105 Å². The Morgan fingerprint density at radius 2 is 1.60 bits per heavy atom. The number of carbonyl (C=O) groups excluding carboxylic acids is 2. The van der Waals surface area contributed by atoms with Crippen LogP contribution in [0, 0.1) is 5.92 Å². The molecule has 35 heavy (non-hydrogen) atoms. The van der Waals surface area contributed by atoms with E-state index in [0.29, 0.717) is 19.3 Å². The van der Waals surface area contributed by atoms with Crippen molar-refractivity contribution < 1.29 is 24.2 Å². The van der Waals surface area contributed by atoms with Gasteiger partial charge in [0.05, 0.1) is 5.92 Å². The molecule has 186 valence electrons. The Balaban J connectivity index is 1.23. The predicted octanol–water partition coefficient (Wildman–Crippen LogP) is 4.84. The van der Waals surface area contributed by atoms with Crippen molar-refractivity contribution in [3.05, 3.63) is 59.7 Å². The van der Waals surface area contributed by atoms with Crippen LogP contribution in [0.4, 0.5) is 4.79 Å². The van der Waals surface area contributed by atoms with Gasteiger partial charge in [0, 0.05) is 24.4 Å². The van der Waals surface area contributed by atoms with Crippen LogP contribution in [0.3, 0.4) is 0 Å². The van der Waals surface area contributed by atoms with Crippen molar-refractivity contribution in [2.75, 3.05) is 6.61 Å². The van der Waals surface area contributed by atoms with Gasteiger partial charge in [-0.05, 0) is 48.4 Å². The molecule has 2 aliphatic rings. The highest BCUT2D eigenvalue weighted by Crippen LogP contribution is 2.44. The molecule has 2 aromatic carbocycles. The van der Waals surface area contributed by atoms with Gasteiger partial charge in [0.1, 0.15) is 6.61 Å². The normalized spacial score (nSPS) is 20.1. The number of benzene rings is 2. The van der Waals surface area contributed by atoms with Crippen LogP contribution in [0.2, 0.25) is 0 Å². The second kappa shape index (κ2) is 11.4. The van der Waals surface area contributed by atoms with Crippen molar-refractivity contribution >= 4 is 18.0 Å². The Kier molecular flexibility index (Phi) is 8.06. The number of ether oxygens (including phenoxy) is 1. The zero-order chi connectivity index (χ0) is 24.8. The van der Waals surface area contributed by atoms with Crippen molar-refractivity contribution in [3.63, 3.8) is 0 Å². The Morgan fingerprint density at radius 3 is 2.26 bits per heavy atom. The fourth-order valence-electron chi connectivity index (χ4n) is 5.32. The molecule has 0 spiro atoms. The van der Waals surface area contributed by atoms with E-state index < -0.39 is 18.0 Å². The zero-order valence-corrected chi connectivity index (χ0v) is 20.2. The smallest absolute Gasteiger partial charge is 0.407 e. The van der Waals surface area contributed by atoms with E-state index in [2.05, 4.69) is 34.9 Å². The summed E-state index contributed by atoms with van der Waals surface area (Å²) >= 11 is 0. The lowest BCUT2D eigenvalue weighted by molar-refractivity contribution is -0.143. The molecule has 2 aliphatic carbocycles. The van der Waals surface area contributed by atoms with Crippen LogP contribution >= 0.6 is 0 Å². The molecule has 0 bridgehead atoms. The van der Waals surface area contributed by atoms with Crippen molar-refractivity contribution in [2.24, 2.45) is 5.92 Å². The molecule has 0 aliphatic heterocycles. The van der Waals surface area contributed by atoms with E-state index in [-0.39, 0.29) is 36.9 Å². The van der Waals surface area contributed by atoms with Gasteiger partial charge >= 0.3 is 12.1 Å². The van der Waals surface area contributed by atoms with Crippen molar-refractivity contribution in [1.82, 2.24) is 10.6 Å². The number of alkyl carbamates (subject to hydrolysis) is 1. The number of fused-ring (bicyclic) bond motifs is 3. The highest BCUT2D eigenvalue weighted by Gasteiger charge is 2.31. The molecule has 7 nitrogen and oxygen atoms in total. The molecule has 1 fully saturated rings. The van der Waals surface area contributed by atoms with Crippen LogP contribution in [-0.4, -0.2) is 41.8 Å². The number of nitrogens with one attached hydrogen (secondary N) is 2. The van der Waals surface area contributed by atoms with Gasteiger partial charge in [-0.3, -0.25) is 9.59 Å². The summed E-state index contributed by atoms with van der Waals surface area (Å²) in [6.07, 6.45) is 4.25. The SMILES string of the molecule is CC(CCC(=O)NC1CCCCCC1C(=O)O)NC(=O)OCC1c2ccccc2-c2ccccc21. The molecule has 0 aromatic heterocycles. The summed E-state index contributed by atoms with van der Waals surface area (Å²) in [5.74, 6) is -1.55. The minimum atomic E-state index is -0.845. The van der Waals surface area contributed by atoms with E-state index in [1.54, 1.807) is 0 Å². The number of carboxylic acids is 1. The molecule has 3 atom stereocenters. The first-order valence-electron chi connectivity index (χ1n) is 12.6. The summed E-state index contributed by atoms with van der Waals surface area (Å²) in [7, 11) is 0. The van der Waals surface area contributed by atoms with Crippen LogP contribution in [-0.2, 0) is 14.3 Å². The average Bonchev–Trinajstić information content (AvgIpc) is 2.97. The van der Waals surface area contributed by atoms with Gasteiger partial charge in [-0.25, -0.2) is 4.79 Å². The molecular formula is C28H34N2O5. The van der Waals surface area contributed by atoms with E-state index in [1.165, 1.54) is 11.1 Å². The molecule has 0 saturated heterocycles. The highest BCUT2D eigenvalue weighted by atomic mass is 16.5. The first kappa shape index (κ1) is 24.8. The second-order valence-electron chi connectivity index (χ2n) is 9.67. The first-order valence-corrected chi connectivity index (χ1v) is 12.6. The van der Waals surface area contributed by atoms with E-state index in [9.17, 15) is 19.5 Å². The van der Waals surface area contributed by atoms with Crippen LogP contribution in [0.25, 0.3) is 11.1 Å². The highest BCUT2D eigenvalue weighted by molar-refractivity contribution is 5.79. The fourth-order valence-corrected chi connectivity index (χ4v) is 5.32. The zero-order valence-electron chi connectivity index (χ0n) is 20.2. The van der Waals surface area contributed by atoms with Gasteiger partial charge in [0.15, 0.2) is 0 Å². The average molecular weight is 479 g/mol. The number of carboxylic acid groups (broad SMARTS) is 1. The third-order valence-electron chi connectivity index (χ3n) is 7.19. The summed E-state index contributed by atoms with van der Waals surface area (Å²) in [5, 5.41) is 15.2. The van der Waals surface area contributed by atoms with E-state index in [1.807, 2.05) is 31.2 Å². The lowest BCUT2D eigenvalue weighted by Crippen LogP contribution is -2.43. The summed E-state index contributed by atoms with van der Waals surface area (Å²) in [5.41, 5.74) is 4.67. The van der Waals surface area contributed by atoms with Crippen molar-refractivity contribution in [3.8, 4) is 11.1 Å². The third-order valence-corrected chi connectivity index (χ3v) is 7.19. The molecule has 4 rings (SSSR count). The Hall–Kier alpha value is -3.35. The monoisotopic (exact) mass is 478 g/mol. The van der Waals surface area contributed by atoms with Crippen molar-refractivity contribution in [1.29, 1.82) is 0 Å². The van der Waals surface area contributed by atoms with Gasteiger partial charge < -0.3 is 20.5 Å². The van der Waals surface area contributed by atoms with E-state index in [4.69, 9.17) is 4.74 Å². The Bertz CT molecular complexity index is 1020. The molecule has 7 heteroatoms.